The first-order valence-corrected chi connectivity index (χ1v) is 9.76. The van der Waals surface area contributed by atoms with Gasteiger partial charge < -0.3 is 4.90 Å². The standard InChI is InChI=1S/C18H19ClN2O3S/c1-20(2)25(23,24)17-12-14(9-10-15(17)19)18(22)21-11-5-7-13-6-3-4-8-16(13)21/h3-4,6,8-10,12H,5,7,11H2,1-2H3. The summed E-state index contributed by atoms with van der Waals surface area (Å²) < 4.78 is 25.9. The molecule has 3 rings (SSSR count). The number of benzene rings is 2. The van der Waals surface area contributed by atoms with Crippen LogP contribution in [0.5, 0.6) is 0 Å². The zero-order valence-corrected chi connectivity index (χ0v) is 15.6. The summed E-state index contributed by atoms with van der Waals surface area (Å²) in [6, 6.07) is 12.2. The first-order chi connectivity index (χ1) is 11.8. The molecule has 1 heterocycles. The van der Waals surface area contributed by atoms with Crippen molar-refractivity contribution in [3.63, 3.8) is 0 Å². The highest BCUT2D eigenvalue weighted by Crippen LogP contribution is 2.30. The van der Waals surface area contributed by atoms with Gasteiger partial charge in [-0.2, -0.15) is 0 Å². The van der Waals surface area contributed by atoms with E-state index in [2.05, 4.69) is 0 Å². The molecule has 25 heavy (non-hydrogen) atoms. The van der Waals surface area contributed by atoms with Crippen molar-refractivity contribution in [1.29, 1.82) is 0 Å². The van der Waals surface area contributed by atoms with Crippen LogP contribution < -0.4 is 4.90 Å². The number of fused-ring (bicyclic) bond motifs is 1. The molecule has 1 aliphatic heterocycles. The molecule has 5 nitrogen and oxygen atoms in total. The first-order valence-electron chi connectivity index (χ1n) is 7.94. The minimum Gasteiger partial charge on any atom is -0.308 e. The highest BCUT2D eigenvalue weighted by atomic mass is 35.5. The number of anilines is 1. The second-order valence-corrected chi connectivity index (χ2v) is 8.65. The van der Waals surface area contributed by atoms with Crippen LogP contribution in [-0.4, -0.2) is 39.3 Å². The number of carbonyl (C=O) groups is 1. The average Bonchev–Trinajstić information content (AvgIpc) is 2.60. The highest BCUT2D eigenvalue weighted by Gasteiger charge is 2.26. The van der Waals surface area contributed by atoms with Gasteiger partial charge >= 0.3 is 0 Å². The number of rotatable bonds is 3. The van der Waals surface area contributed by atoms with E-state index >= 15 is 0 Å². The fourth-order valence-corrected chi connectivity index (χ4v) is 4.32. The van der Waals surface area contributed by atoms with E-state index in [1.807, 2.05) is 24.3 Å². The number of para-hydroxylation sites is 1. The number of halogens is 1. The normalized spacial score (nSPS) is 14.5. The fraction of sp³-hybridized carbons (Fsp3) is 0.278. The molecule has 0 unspecified atom stereocenters. The number of carbonyl (C=O) groups excluding carboxylic acids is 1. The molecule has 0 spiro atoms. The van der Waals surface area contributed by atoms with Gasteiger partial charge in [-0.3, -0.25) is 4.79 Å². The Hall–Kier alpha value is -1.89. The number of aryl methyl sites for hydroxylation is 1. The maximum absolute atomic E-state index is 13.0. The van der Waals surface area contributed by atoms with Crippen molar-refractivity contribution in [3.05, 3.63) is 58.6 Å². The van der Waals surface area contributed by atoms with Crippen molar-refractivity contribution in [3.8, 4) is 0 Å². The summed E-state index contributed by atoms with van der Waals surface area (Å²) in [5.41, 5.74) is 2.31. The van der Waals surface area contributed by atoms with E-state index in [1.165, 1.54) is 26.2 Å². The number of hydrogen-bond acceptors (Lipinski definition) is 3. The summed E-state index contributed by atoms with van der Waals surface area (Å²) in [5.74, 6) is -0.223. The molecule has 0 aromatic heterocycles. The number of nitrogens with zero attached hydrogens (tertiary/aromatic N) is 2. The van der Waals surface area contributed by atoms with Crippen LogP contribution in [0.15, 0.2) is 47.4 Å². The zero-order valence-electron chi connectivity index (χ0n) is 14.1. The Bertz CT molecular complexity index is 926. The minimum atomic E-state index is -3.72. The predicted molar refractivity (Wildman–Crippen MR) is 98.8 cm³/mol. The summed E-state index contributed by atoms with van der Waals surface area (Å²) in [7, 11) is -0.861. The maximum atomic E-state index is 13.0. The Labute approximate surface area is 152 Å². The summed E-state index contributed by atoms with van der Waals surface area (Å²) in [5, 5.41) is 0.101. The number of sulfonamides is 1. The molecule has 132 valence electrons. The third-order valence-electron chi connectivity index (χ3n) is 4.29. The molecule has 1 aliphatic rings. The molecule has 0 saturated heterocycles. The molecule has 0 fully saturated rings. The molecule has 0 radical (unpaired) electrons. The lowest BCUT2D eigenvalue weighted by atomic mass is 10.0. The van der Waals surface area contributed by atoms with Gasteiger partial charge in [-0.05, 0) is 42.7 Å². The lowest BCUT2D eigenvalue weighted by Gasteiger charge is -2.29. The van der Waals surface area contributed by atoms with E-state index in [-0.39, 0.29) is 15.8 Å². The summed E-state index contributed by atoms with van der Waals surface area (Å²) in [6.07, 6.45) is 1.81. The van der Waals surface area contributed by atoms with Gasteiger partial charge in [-0.25, -0.2) is 12.7 Å². The maximum Gasteiger partial charge on any atom is 0.258 e. The van der Waals surface area contributed by atoms with Crippen LogP contribution in [0.3, 0.4) is 0 Å². The van der Waals surface area contributed by atoms with E-state index in [0.717, 1.165) is 28.4 Å². The van der Waals surface area contributed by atoms with Gasteiger partial charge in [-0.15, -0.1) is 0 Å². The molecule has 0 aliphatic carbocycles. The van der Waals surface area contributed by atoms with Crippen LogP contribution in [0, 0.1) is 0 Å². The largest absolute Gasteiger partial charge is 0.308 e. The third kappa shape index (κ3) is 3.29. The predicted octanol–water partition coefficient (Wildman–Crippen LogP) is 3.18. The third-order valence-corrected chi connectivity index (χ3v) is 6.59. The second kappa shape index (κ2) is 6.78. The van der Waals surface area contributed by atoms with E-state index in [9.17, 15) is 13.2 Å². The topological polar surface area (TPSA) is 57.7 Å². The van der Waals surface area contributed by atoms with Gasteiger partial charge in [0, 0.05) is 31.9 Å². The van der Waals surface area contributed by atoms with Crippen molar-refractivity contribution in [1.82, 2.24) is 4.31 Å². The fourth-order valence-electron chi connectivity index (χ4n) is 2.93. The van der Waals surface area contributed by atoms with Crippen molar-refractivity contribution < 1.29 is 13.2 Å². The summed E-state index contributed by atoms with van der Waals surface area (Å²) >= 11 is 6.07. The van der Waals surface area contributed by atoms with Crippen molar-refractivity contribution in [2.24, 2.45) is 0 Å². The van der Waals surface area contributed by atoms with Crippen LogP contribution in [0.1, 0.15) is 22.3 Å². The van der Waals surface area contributed by atoms with Crippen molar-refractivity contribution in [2.75, 3.05) is 25.5 Å². The van der Waals surface area contributed by atoms with E-state index in [4.69, 9.17) is 11.6 Å². The highest BCUT2D eigenvalue weighted by molar-refractivity contribution is 7.89. The molecule has 2 aromatic rings. The Kier molecular flexibility index (Phi) is 4.86. The smallest absolute Gasteiger partial charge is 0.258 e. The summed E-state index contributed by atoms with van der Waals surface area (Å²) in [4.78, 5) is 14.6. The monoisotopic (exact) mass is 378 g/mol. The average molecular weight is 379 g/mol. The van der Waals surface area contributed by atoms with Crippen molar-refractivity contribution >= 4 is 33.2 Å². The molecule has 7 heteroatoms. The van der Waals surface area contributed by atoms with Gasteiger partial charge in [0.1, 0.15) is 4.90 Å². The molecular formula is C18H19ClN2O3S. The van der Waals surface area contributed by atoms with Crippen LogP contribution >= 0.6 is 11.6 Å². The minimum absolute atomic E-state index is 0.0599. The second-order valence-electron chi connectivity index (χ2n) is 6.12. The zero-order chi connectivity index (χ0) is 18.2. The molecular weight excluding hydrogens is 360 g/mol. The van der Waals surface area contributed by atoms with Gasteiger partial charge in [0.15, 0.2) is 0 Å². The van der Waals surface area contributed by atoms with Crippen LogP contribution in [0.4, 0.5) is 5.69 Å². The first kappa shape index (κ1) is 17.9. The molecule has 2 aromatic carbocycles. The Morgan fingerprint density at radius 2 is 1.88 bits per heavy atom. The van der Waals surface area contributed by atoms with E-state index in [1.54, 1.807) is 11.0 Å². The molecule has 0 atom stereocenters. The quantitative estimate of drug-likeness (QED) is 0.824. The van der Waals surface area contributed by atoms with Gasteiger partial charge in [0.05, 0.1) is 5.02 Å². The van der Waals surface area contributed by atoms with Gasteiger partial charge in [0.2, 0.25) is 10.0 Å². The van der Waals surface area contributed by atoms with Crippen LogP contribution in [0.25, 0.3) is 0 Å². The Morgan fingerprint density at radius 1 is 1.16 bits per heavy atom. The lowest BCUT2D eigenvalue weighted by molar-refractivity contribution is 0.0985. The Morgan fingerprint density at radius 3 is 2.60 bits per heavy atom. The number of hydrogen-bond donors (Lipinski definition) is 0. The molecule has 0 saturated carbocycles. The van der Waals surface area contributed by atoms with Gasteiger partial charge in [0.25, 0.3) is 5.91 Å². The Balaban J connectivity index is 2.03. The summed E-state index contributed by atoms with van der Waals surface area (Å²) in [6.45, 7) is 0.605. The van der Waals surface area contributed by atoms with E-state index < -0.39 is 10.0 Å². The van der Waals surface area contributed by atoms with E-state index in [0.29, 0.717) is 12.1 Å². The van der Waals surface area contributed by atoms with Crippen LogP contribution in [-0.2, 0) is 16.4 Å². The van der Waals surface area contributed by atoms with Gasteiger partial charge in [-0.1, -0.05) is 29.8 Å². The van der Waals surface area contributed by atoms with Crippen LogP contribution in [0.2, 0.25) is 5.02 Å². The van der Waals surface area contributed by atoms with Crippen molar-refractivity contribution in [2.45, 2.75) is 17.7 Å². The molecule has 0 N–H and O–H groups in total. The SMILES string of the molecule is CN(C)S(=O)(=O)c1cc(C(=O)N2CCCc3ccccc32)ccc1Cl. The molecule has 0 bridgehead atoms. The lowest BCUT2D eigenvalue weighted by Crippen LogP contribution is -2.35. The number of amides is 1. The molecule has 1 amide bonds.